The first-order valence-electron chi connectivity index (χ1n) is 8.97. The quantitative estimate of drug-likeness (QED) is 0.772. The highest BCUT2D eigenvalue weighted by Crippen LogP contribution is 2.29. The van der Waals surface area contributed by atoms with Crippen molar-refractivity contribution in [2.45, 2.75) is 18.9 Å². The first-order chi connectivity index (χ1) is 12.3. The number of nitrogens with zero attached hydrogens (tertiary/aromatic N) is 1. The fourth-order valence-corrected chi connectivity index (χ4v) is 4.19. The van der Waals surface area contributed by atoms with Crippen LogP contribution in [-0.4, -0.2) is 41.5 Å². The molecule has 25 heavy (non-hydrogen) atoms. The molecule has 1 aromatic carbocycles. The normalized spacial score (nSPS) is 25.4. The molecule has 2 aromatic heterocycles. The number of furan rings is 1. The summed E-state index contributed by atoms with van der Waals surface area (Å²) in [5.74, 6) is 1.62. The smallest absolute Gasteiger partial charge is 0.287 e. The molecule has 3 aliphatic heterocycles. The lowest BCUT2D eigenvalue weighted by Crippen LogP contribution is -2.57. The maximum Gasteiger partial charge on any atom is 0.287 e. The van der Waals surface area contributed by atoms with Crippen LogP contribution in [0.3, 0.4) is 0 Å². The van der Waals surface area contributed by atoms with Gasteiger partial charge in [-0.2, -0.15) is 0 Å². The Hall–Kier alpha value is -2.53. The third-order valence-corrected chi connectivity index (χ3v) is 5.64. The molecule has 128 valence electrons. The fourth-order valence-electron chi connectivity index (χ4n) is 4.19. The maximum atomic E-state index is 12.6. The van der Waals surface area contributed by atoms with Crippen LogP contribution in [-0.2, 0) is 0 Å². The number of aromatic amines is 1. The van der Waals surface area contributed by atoms with Crippen molar-refractivity contribution in [2.75, 3.05) is 19.6 Å². The van der Waals surface area contributed by atoms with E-state index in [2.05, 4.69) is 21.3 Å². The molecule has 5 nitrogen and oxygen atoms in total. The molecule has 3 saturated heterocycles. The van der Waals surface area contributed by atoms with Crippen molar-refractivity contribution in [1.29, 1.82) is 0 Å². The molecule has 1 amide bonds. The van der Waals surface area contributed by atoms with Crippen LogP contribution in [0.1, 0.15) is 23.4 Å². The van der Waals surface area contributed by atoms with E-state index in [1.165, 1.54) is 25.9 Å². The zero-order chi connectivity index (χ0) is 16.8. The number of hydrogen-bond donors (Lipinski definition) is 2. The van der Waals surface area contributed by atoms with Crippen LogP contribution < -0.4 is 5.32 Å². The number of amides is 1. The van der Waals surface area contributed by atoms with Crippen LogP contribution in [0.5, 0.6) is 0 Å². The van der Waals surface area contributed by atoms with Crippen molar-refractivity contribution in [3.05, 3.63) is 48.4 Å². The predicted octanol–water partition coefficient (Wildman–Crippen LogP) is 3.25. The molecular formula is C20H21N3O2. The van der Waals surface area contributed by atoms with E-state index in [0.29, 0.717) is 11.7 Å². The third-order valence-electron chi connectivity index (χ3n) is 5.64. The number of H-pyrrole nitrogens is 1. The van der Waals surface area contributed by atoms with E-state index in [-0.39, 0.29) is 11.9 Å². The number of carbonyl (C=O) groups excluding carboxylic acids is 1. The van der Waals surface area contributed by atoms with Gasteiger partial charge in [0, 0.05) is 35.2 Å². The Morgan fingerprint density at radius 1 is 1.16 bits per heavy atom. The number of piperidine rings is 3. The number of carbonyl (C=O) groups is 1. The molecule has 6 rings (SSSR count). The monoisotopic (exact) mass is 335 g/mol. The van der Waals surface area contributed by atoms with Gasteiger partial charge in [0.1, 0.15) is 5.76 Å². The molecule has 5 heteroatoms. The van der Waals surface area contributed by atoms with Crippen molar-refractivity contribution in [3.63, 3.8) is 0 Å². The third kappa shape index (κ3) is 2.65. The van der Waals surface area contributed by atoms with E-state index in [0.717, 1.165) is 28.8 Å². The van der Waals surface area contributed by atoms with Crippen LogP contribution in [0.4, 0.5) is 0 Å². The van der Waals surface area contributed by atoms with Gasteiger partial charge in [-0.05, 0) is 68.2 Å². The summed E-state index contributed by atoms with van der Waals surface area (Å²) >= 11 is 0. The molecular weight excluding hydrogens is 314 g/mol. The first kappa shape index (κ1) is 14.8. The van der Waals surface area contributed by atoms with Crippen molar-refractivity contribution in [1.82, 2.24) is 15.2 Å². The minimum Gasteiger partial charge on any atom is -0.451 e. The van der Waals surface area contributed by atoms with Gasteiger partial charge in [-0.1, -0.05) is 0 Å². The molecule has 5 heterocycles. The van der Waals surface area contributed by atoms with Crippen LogP contribution in [0.2, 0.25) is 0 Å². The van der Waals surface area contributed by atoms with Gasteiger partial charge in [-0.25, -0.2) is 0 Å². The minimum atomic E-state index is -0.104. The zero-order valence-electron chi connectivity index (χ0n) is 14.0. The maximum absolute atomic E-state index is 12.6. The Balaban J connectivity index is 1.34. The van der Waals surface area contributed by atoms with Gasteiger partial charge >= 0.3 is 0 Å². The second kappa shape index (κ2) is 5.77. The SMILES string of the molecule is O=C(N[C@H]1CN2CCC1CC2)c1ccc(-c2ccc3[nH]ccc3c2)o1. The van der Waals surface area contributed by atoms with Gasteiger partial charge in [-0.3, -0.25) is 4.79 Å². The topological polar surface area (TPSA) is 61.3 Å². The number of benzene rings is 1. The molecule has 1 atom stereocenters. The Bertz CT molecular complexity index is 918. The number of nitrogens with one attached hydrogen (secondary N) is 2. The lowest BCUT2D eigenvalue weighted by atomic mass is 9.84. The molecule has 3 aliphatic rings. The Morgan fingerprint density at radius 2 is 2.04 bits per heavy atom. The zero-order valence-corrected chi connectivity index (χ0v) is 14.0. The van der Waals surface area contributed by atoms with Gasteiger partial charge in [0.05, 0.1) is 0 Å². The molecule has 0 spiro atoms. The van der Waals surface area contributed by atoms with Crippen LogP contribution in [0, 0.1) is 5.92 Å². The highest BCUT2D eigenvalue weighted by atomic mass is 16.3. The summed E-state index contributed by atoms with van der Waals surface area (Å²) in [6.45, 7) is 3.31. The standard InChI is InChI=1S/C20H21N3O2/c24-20(22-17-12-23-9-6-13(17)7-10-23)19-4-3-18(25-19)15-1-2-16-14(11-15)5-8-21-16/h1-5,8,11,13,17,21H,6-7,9-10,12H2,(H,22,24)/t17-/m0/s1. The summed E-state index contributed by atoms with van der Waals surface area (Å²) in [5, 5.41) is 4.31. The van der Waals surface area contributed by atoms with E-state index < -0.39 is 0 Å². The lowest BCUT2D eigenvalue weighted by Gasteiger charge is -2.44. The number of aromatic nitrogens is 1. The van der Waals surface area contributed by atoms with Gasteiger partial charge in [0.15, 0.2) is 5.76 Å². The lowest BCUT2D eigenvalue weighted by molar-refractivity contribution is 0.0606. The molecule has 3 aromatic rings. The van der Waals surface area contributed by atoms with Gasteiger partial charge < -0.3 is 19.6 Å². The van der Waals surface area contributed by atoms with Crippen molar-refractivity contribution < 1.29 is 9.21 Å². The number of rotatable bonds is 3. The summed E-state index contributed by atoms with van der Waals surface area (Å²) in [6, 6.07) is 12.0. The highest BCUT2D eigenvalue weighted by molar-refractivity contribution is 5.92. The largest absolute Gasteiger partial charge is 0.451 e. The molecule has 0 unspecified atom stereocenters. The summed E-state index contributed by atoms with van der Waals surface area (Å²) < 4.78 is 5.84. The Labute approximate surface area is 146 Å². The summed E-state index contributed by atoms with van der Waals surface area (Å²) in [5.41, 5.74) is 2.07. The van der Waals surface area contributed by atoms with Crippen LogP contribution in [0.25, 0.3) is 22.2 Å². The second-order valence-corrected chi connectivity index (χ2v) is 7.16. The summed E-state index contributed by atoms with van der Waals surface area (Å²) in [7, 11) is 0. The highest BCUT2D eigenvalue weighted by Gasteiger charge is 2.35. The minimum absolute atomic E-state index is 0.104. The van der Waals surface area contributed by atoms with Gasteiger partial charge in [-0.15, -0.1) is 0 Å². The summed E-state index contributed by atoms with van der Waals surface area (Å²) in [4.78, 5) is 18.2. The average molecular weight is 335 g/mol. The number of fused-ring (bicyclic) bond motifs is 4. The van der Waals surface area contributed by atoms with Gasteiger partial charge in [0.2, 0.25) is 0 Å². The predicted molar refractivity (Wildman–Crippen MR) is 96.4 cm³/mol. The Morgan fingerprint density at radius 3 is 2.84 bits per heavy atom. The van der Waals surface area contributed by atoms with E-state index in [4.69, 9.17) is 4.42 Å². The van der Waals surface area contributed by atoms with Crippen LogP contribution in [0.15, 0.2) is 47.0 Å². The molecule has 0 saturated carbocycles. The fraction of sp³-hybridized carbons (Fsp3) is 0.350. The van der Waals surface area contributed by atoms with Crippen molar-refractivity contribution >= 4 is 16.8 Å². The first-order valence-corrected chi connectivity index (χ1v) is 8.97. The van der Waals surface area contributed by atoms with Crippen molar-refractivity contribution in [3.8, 4) is 11.3 Å². The summed E-state index contributed by atoms with van der Waals surface area (Å²) in [6.07, 6.45) is 4.29. The molecule has 2 bridgehead atoms. The van der Waals surface area contributed by atoms with E-state index in [9.17, 15) is 4.79 Å². The number of hydrogen-bond acceptors (Lipinski definition) is 3. The van der Waals surface area contributed by atoms with E-state index in [1.807, 2.05) is 30.5 Å². The van der Waals surface area contributed by atoms with E-state index in [1.54, 1.807) is 6.07 Å². The van der Waals surface area contributed by atoms with Crippen LogP contribution >= 0.6 is 0 Å². The average Bonchev–Trinajstić information content (AvgIpc) is 3.31. The second-order valence-electron chi connectivity index (χ2n) is 7.16. The van der Waals surface area contributed by atoms with Gasteiger partial charge in [0.25, 0.3) is 5.91 Å². The van der Waals surface area contributed by atoms with E-state index >= 15 is 0 Å². The molecule has 2 N–H and O–H groups in total. The molecule has 0 aliphatic carbocycles. The van der Waals surface area contributed by atoms with Crippen molar-refractivity contribution in [2.24, 2.45) is 5.92 Å². The Kier molecular flexibility index (Phi) is 3.41. The molecule has 3 fully saturated rings. The molecule has 0 radical (unpaired) electrons.